The SMILES string of the molecule is O=C1Cc2cc(S(=O)(=O)Nc3ccccc3Cc3ccccc3)c(Cl)cc2N1. The largest absolute Gasteiger partial charge is 0.325 e. The van der Waals surface area contributed by atoms with Gasteiger partial charge in [-0.3, -0.25) is 9.52 Å². The summed E-state index contributed by atoms with van der Waals surface area (Å²) in [7, 11) is -3.92. The average molecular weight is 413 g/mol. The molecule has 0 spiro atoms. The Hall–Kier alpha value is -2.83. The molecule has 0 saturated carbocycles. The lowest BCUT2D eigenvalue weighted by atomic mass is 10.0. The first-order valence-corrected chi connectivity index (χ1v) is 10.6. The van der Waals surface area contributed by atoms with E-state index in [0.29, 0.717) is 23.4 Å². The molecule has 142 valence electrons. The fourth-order valence-corrected chi connectivity index (χ4v) is 4.90. The van der Waals surface area contributed by atoms with Gasteiger partial charge < -0.3 is 5.32 Å². The first-order chi connectivity index (χ1) is 13.4. The van der Waals surface area contributed by atoms with Gasteiger partial charge in [-0.15, -0.1) is 0 Å². The van der Waals surface area contributed by atoms with E-state index >= 15 is 0 Å². The van der Waals surface area contributed by atoms with E-state index in [1.807, 2.05) is 42.5 Å². The van der Waals surface area contributed by atoms with Crippen molar-refractivity contribution < 1.29 is 13.2 Å². The van der Waals surface area contributed by atoms with Crippen LogP contribution in [0.25, 0.3) is 0 Å². The Balaban J connectivity index is 1.66. The molecule has 1 amide bonds. The molecule has 0 aliphatic carbocycles. The minimum absolute atomic E-state index is 0.0427. The predicted molar refractivity (Wildman–Crippen MR) is 110 cm³/mol. The minimum Gasteiger partial charge on any atom is -0.325 e. The Bertz CT molecular complexity index is 1160. The zero-order valence-corrected chi connectivity index (χ0v) is 16.3. The van der Waals surface area contributed by atoms with Gasteiger partial charge in [-0.05, 0) is 41.3 Å². The lowest BCUT2D eigenvalue weighted by Crippen LogP contribution is -2.15. The van der Waals surface area contributed by atoms with E-state index in [2.05, 4.69) is 10.0 Å². The third-order valence-electron chi connectivity index (χ3n) is 4.57. The van der Waals surface area contributed by atoms with Gasteiger partial charge in [0.05, 0.1) is 17.1 Å². The molecule has 4 rings (SSSR count). The molecule has 0 radical (unpaired) electrons. The first-order valence-electron chi connectivity index (χ1n) is 8.69. The van der Waals surface area contributed by atoms with Crippen molar-refractivity contribution in [2.75, 3.05) is 10.0 Å². The molecule has 0 unspecified atom stereocenters. The van der Waals surface area contributed by atoms with Crippen LogP contribution in [0.1, 0.15) is 16.7 Å². The van der Waals surface area contributed by atoms with Crippen molar-refractivity contribution in [2.24, 2.45) is 0 Å². The van der Waals surface area contributed by atoms with Gasteiger partial charge in [-0.25, -0.2) is 8.42 Å². The smallest absolute Gasteiger partial charge is 0.263 e. The van der Waals surface area contributed by atoms with E-state index in [-0.39, 0.29) is 22.2 Å². The maximum absolute atomic E-state index is 13.0. The molecule has 3 aromatic carbocycles. The van der Waals surface area contributed by atoms with Gasteiger partial charge in [-0.1, -0.05) is 60.1 Å². The van der Waals surface area contributed by atoms with Crippen LogP contribution in [0.3, 0.4) is 0 Å². The van der Waals surface area contributed by atoms with Crippen LogP contribution in [0.4, 0.5) is 11.4 Å². The summed E-state index contributed by atoms with van der Waals surface area (Å²) in [5, 5.41) is 2.73. The highest BCUT2D eigenvalue weighted by Gasteiger charge is 2.25. The fraction of sp³-hybridized carbons (Fsp3) is 0.0952. The summed E-state index contributed by atoms with van der Waals surface area (Å²) in [5.74, 6) is -0.179. The Labute approximate surface area is 168 Å². The number of amides is 1. The number of hydrogen-bond donors (Lipinski definition) is 2. The van der Waals surface area contributed by atoms with Crippen molar-refractivity contribution >= 4 is 38.9 Å². The molecule has 0 saturated heterocycles. The van der Waals surface area contributed by atoms with Crippen molar-refractivity contribution in [3.63, 3.8) is 0 Å². The summed E-state index contributed by atoms with van der Waals surface area (Å²) >= 11 is 6.21. The van der Waals surface area contributed by atoms with Crippen molar-refractivity contribution in [1.29, 1.82) is 0 Å². The summed E-state index contributed by atoms with van der Waals surface area (Å²) in [6, 6.07) is 20.0. The highest BCUT2D eigenvalue weighted by atomic mass is 35.5. The molecule has 0 fully saturated rings. The summed E-state index contributed by atoms with van der Waals surface area (Å²) in [4.78, 5) is 11.5. The summed E-state index contributed by atoms with van der Waals surface area (Å²) in [6.07, 6.45) is 0.732. The number of benzene rings is 3. The molecule has 1 aliphatic rings. The van der Waals surface area contributed by atoms with Gasteiger partial charge in [0, 0.05) is 5.69 Å². The number of rotatable bonds is 5. The van der Waals surface area contributed by atoms with Crippen LogP contribution in [-0.2, 0) is 27.7 Å². The molecule has 0 atom stereocenters. The number of nitrogens with one attached hydrogen (secondary N) is 2. The fourth-order valence-electron chi connectivity index (χ4n) is 3.22. The number of halogens is 1. The Morgan fingerprint density at radius 2 is 1.71 bits per heavy atom. The molecule has 3 aromatic rings. The Morgan fingerprint density at radius 3 is 2.50 bits per heavy atom. The van der Waals surface area contributed by atoms with Crippen LogP contribution in [0.15, 0.2) is 71.6 Å². The van der Waals surface area contributed by atoms with Crippen molar-refractivity contribution in [2.45, 2.75) is 17.7 Å². The highest BCUT2D eigenvalue weighted by molar-refractivity contribution is 7.92. The van der Waals surface area contributed by atoms with E-state index in [4.69, 9.17) is 11.6 Å². The number of fused-ring (bicyclic) bond motifs is 1. The van der Waals surface area contributed by atoms with Gasteiger partial charge >= 0.3 is 0 Å². The molecule has 0 aromatic heterocycles. The molecule has 28 heavy (non-hydrogen) atoms. The second-order valence-corrected chi connectivity index (χ2v) is 8.65. The zero-order valence-electron chi connectivity index (χ0n) is 14.8. The molecule has 5 nitrogen and oxygen atoms in total. The van der Waals surface area contributed by atoms with E-state index in [0.717, 1.165) is 11.1 Å². The maximum atomic E-state index is 13.0. The molecule has 2 N–H and O–H groups in total. The monoisotopic (exact) mass is 412 g/mol. The second-order valence-electron chi connectivity index (χ2n) is 6.59. The standard InChI is InChI=1S/C21H17ClN2O3S/c22-17-13-19-16(12-21(25)23-19)11-20(17)28(26,27)24-18-9-5-4-8-15(18)10-14-6-2-1-3-7-14/h1-9,11,13,24H,10,12H2,(H,23,25). The lowest BCUT2D eigenvalue weighted by molar-refractivity contribution is -0.115. The summed E-state index contributed by atoms with van der Waals surface area (Å²) < 4.78 is 28.7. The number of carbonyl (C=O) groups is 1. The molecule has 1 heterocycles. The van der Waals surface area contributed by atoms with Gasteiger partial charge in [0.1, 0.15) is 4.90 Å². The Morgan fingerprint density at radius 1 is 1.00 bits per heavy atom. The lowest BCUT2D eigenvalue weighted by Gasteiger charge is -2.14. The summed E-state index contributed by atoms with van der Waals surface area (Å²) in [6.45, 7) is 0. The molecular weight excluding hydrogens is 396 g/mol. The van der Waals surface area contributed by atoms with Gasteiger partial charge in [-0.2, -0.15) is 0 Å². The quantitative estimate of drug-likeness (QED) is 0.658. The zero-order chi connectivity index (χ0) is 19.7. The molecular formula is C21H17ClN2O3S. The van der Waals surface area contributed by atoms with Crippen molar-refractivity contribution in [1.82, 2.24) is 0 Å². The second kappa shape index (κ2) is 7.30. The van der Waals surface area contributed by atoms with E-state index in [1.165, 1.54) is 12.1 Å². The highest BCUT2D eigenvalue weighted by Crippen LogP contribution is 2.33. The van der Waals surface area contributed by atoms with Crippen LogP contribution in [0.5, 0.6) is 0 Å². The number of sulfonamides is 1. The van der Waals surface area contributed by atoms with Crippen molar-refractivity contribution in [3.8, 4) is 0 Å². The van der Waals surface area contributed by atoms with Crippen molar-refractivity contribution in [3.05, 3.63) is 88.4 Å². The van der Waals surface area contributed by atoms with Gasteiger partial charge in [0.25, 0.3) is 10.0 Å². The van der Waals surface area contributed by atoms with Crippen LogP contribution in [0, 0.1) is 0 Å². The number of anilines is 2. The average Bonchev–Trinajstić information content (AvgIpc) is 3.02. The molecule has 1 aliphatic heterocycles. The third kappa shape index (κ3) is 3.74. The van der Waals surface area contributed by atoms with E-state index < -0.39 is 10.0 Å². The number of hydrogen-bond acceptors (Lipinski definition) is 3. The van der Waals surface area contributed by atoms with E-state index in [1.54, 1.807) is 12.1 Å². The maximum Gasteiger partial charge on any atom is 0.263 e. The van der Waals surface area contributed by atoms with Crippen LogP contribution in [-0.4, -0.2) is 14.3 Å². The van der Waals surface area contributed by atoms with Crippen LogP contribution >= 0.6 is 11.6 Å². The number of para-hydroxylation sites is 1. The molecule has 7 heteroatoms. The Kier molecular flexibility index (Phi) is 4.83. The normalized spacial score (nSPS) is 13.1. The minimum atomic E-state index is -3.92. The first kappa shape index (κ1) is 18.5. The van der Waals surface area contributed by atoms with Gasteiger partial charge in [0.2, 0.25) is 5.91 Å². The van der Waals surface area contributed by atoms with Gasteiger partial charge in [0.15, 0.2) is 0 Å². The van der Waals surface area contributed by atoms with Crippen LogP contribution in [0.2, 0.25) is 5.02 Å². The number of carbonyl (C=O) groups excluding carboxylic acids is 1. The third-order valence-corrected chi connectivity index (χ3v) is 6.40. The molecule has 0 bridgehead atoms. The predicted octanol–water partition coefficient (Wildman–Crippen LogP) is 4.23. The van der Waals surface area contributed by atoms with E-state index in [9.17, 15) is 13.2 Å². The topological polar surface area (TPSA) is 75.3 Å². The van der Waals surface area contributed by atoms with Crippen LogP contribution < -0.4 is 10.0 Å². The summed E-state index contributed by atoms with van der Waals surface area (Å²) in [5.41, 5.74) is 3.60.